The molecule has 0 radical (unpaired) electrons. The quantitative estimate of drug-likeness (QED) is 0.748. The average molecular weight is 342 g/mol. The van der Waals surface area contributed by atoms with Crippen LogP contribution in [0.4, 0.5) is 10.6 Å². The number of aromatic amines is 1. The van der Waals surface area contributed by atoms with Crippen molar-refractivity contribution in [2.75, 3.05) is 11.9 Å². The Hall–Kier alpha value is -1.54. The number of aromatic nitrogens is 3. The molecule has 0 saturated heterocycles. The van der Waals surface area contributed by atoms with Gasteiger partial charge in [0.1, 0.15) is 5.82 Å². The van der Waals surface area contributed by atoms with E-state index in [0.717, 1.165) is 10.2 Å². The monoisotopic (exact) mass is 341 g/mol. The van der Waals surface area contributed by atoms with E-state index in [0.29, 0.717) is 18.8 Å². The number of nitrogens with one attached hydrogen (secondary N) is 2. The van der Waals surface area contributed by atoms with E-state index in [4.69, 9.17) is 0 Å². The maximum absolute atomic E-state index is 11.8. The van der Waals surface area contributed by atoms with Crippen molar-refractivity contribution in [2.24, 2.45) is 0 Å². The van der Waals surface area contributed by atoms with Crippen LogP contribution in [0, 0.1) is 0 Å². The molecular formula is C11H12BrN5OS. The fraction of sp³-hybridized carbons (Fsp3) is 0.182. The van der Waals surface area contributed by atoms with Crippen LogP contribution < -0.4 is 5.32 Å². The molecule has 0 aliphatic rings. The molecule has 0 unspecified atom stereocenters. The molecule has 2 rings (SSSR count). The lowest BCUT2D eigenvalue weighted by Crippen LogP contribution is -2.29. The van der Waals surface area contributed by atoms with Gasteiger partial charge in [0, 0.05) is 29.8 Å². The van der Waals surface area contributed by atoms with Crippen molar-refractivity contribution in [3.05, 3.63) is 41.0 Å². The molecule has 0 fully saturated rings. The summed E-state index contributed by atoms with van der Waals surface area (Å²) in [4.78, 5) is 22.8. The van der Waals surface area contributed by atoms with Crippen LogP contribution in [0.25, 0.3) is 0 Å². The summed E-state index contributed by atoms with van der Waals surface area (Å²) < 4.78 is 2.14. The number of rotatable bonds is 4. The molecule has 2 aromatic heterocycles. The highest BCUT2D eigenvalue weighted by Gasteiger charge is 2.10. The number of H-pyrrole nitrogens is 1. The van der Waals surface area contributed by atoms with Crippen LogP contribution in [0.1, 0.15) is 5.69 Å². The highest BCUT2D eigenvalue weighted by atomic mass is 79.9. The zero-order chi connectivity index (χ0) is 13.7. The highest BCUT2D eigenvalue weighted by molar-refractivity contribution is 9.10. The lowest BCUT2D eigenvalue weighted by atomic mass is 10.3. The molecule has 0 aliphatic carbocycles. The highest BCUT2D eigenvalue weighted by Crippen LogP contribution is 2.11. The largest absolute Gasteiger partial charge is 0.351 e. The van der Waals surface area contributed by atoms with Crippen LogP contribution in [-0.2, 0) is 6.42 Å². The Morgan fingerprint density at radius 1 is 1.47 bits per heavy atom. The molecule has 2 amide bonds. The van der Waals surface area contributed by atoms with Gasteiger partial charge in [0.05, 0.1) is 12.0 Å². The molecule has 0 saturated carbocycles. The van der Waals surface area contributed by atoms with Crippen molar-refractivity contribution in [3.8, 4) is 0 Å². The summed E-state index contributed by atoms with van der Waals surface area (Å²) in [5, 5.41) is 2.65. The standard InChI is InChI=1S/C11H12BrN5OS/c12-8-1-2-10(14-5-8)16-11(18)17(19)4-3-9-6-13-7-15-9/h1-2,5-7,19H,3-4H2,(H,13,15)(H,14,16,18). The van der Waals surface area contributed by atoms with E-state index in [1.165, 1.54) is 4.31 Å². The minimum Gasteiger partial charge on any atom is -0.351 e. The number of amides is 2. The van der Waals surface area contributed by atoms with E-state index in [2.05, 4.69) is 49.0 Å². The molecule has 0 aromatic carbocycles. The first-order valence-corrected chi connectivity index (χ1v) is 6.71. The van der Waals surface area contributed by atoms with Crippen LogP contribution in [0.5, 0.6) is 0 Å². The zero-order valence-electron chi connectivity index (χ0n) is 9.88. The van der Waals surface area contributed by atoms with Crippen LogP contribution in [0.2, 0.25) is 0 Å². The van der Waals surface area contributed by atoms with E-state index in [-0.39, 0.29) is 6.03 Å². The topological polar surface area (TPSA) is 73.9 Å². The predicted molar refractivity (Wildman–Crippen MR) is 78.9 cm³/mol. The fourth-order valence-corrected chi connectivity index (χ4v) is 1.76. The molecule has 8 heteroatoms. The normalized spacial score (nSPS) is 10.2. The van der Waals surface area contributed by atoms with Crippen LogP contribution in [-0.4, -0.2) is 31.8 Å². The number of thiol groups is 1. The summed E-state index contributed by atoms with van der Waals surface area (Å²) in [6.07, 6.45) is 5.64. The van der Waals surface area contributed by atoms with Gasteiger partial charge in [-0.1, -0.05) is 12.8 Å². The number of anilines is 1. The smallest absolute Gasteiger partial charge is 0.332 e. The van der Waals surface area contributed by atoms with Gasteiger partial charge in [-0.25, -0.2) is 14.8 Å². The van der Waals surface area contributed by atoms with Crippen LogP contribution in [0.3, 0.4) is 0 Å². The van der Waals surface area contributed by atoms with Crippen molar-refractivity contribution in [1.82, 2.24) is 19.3 Å². The minimum atomic E-state index is -0.325. The number of hydrogen-bond acceptors (Lipinski definition) is 4. The Labute approximate surface area is 124 Å². The van der Waals surface area contributed by atoms with Crippen LogP contribution >= 0.6 is 28.7 Å². The molecule has 2 heterocycles. The lowest BCUT2D eigenvalue weighted by Gasteiger charge is -2.15. The van der Waals surface area contributed by atoms with Crippen molar-refractivity contribution >= 4 is 40.6 Å². The van der Waals surface area contributed by atoms with Gasteiger partial charge >= 0.3 is 6.03 Å². The maximum Gasteiger partial charge on any atom is 0.332 e. The van der Waals surface area contributed by atoms with E-state index >= 15 is 0 Å². The number of carbonyl (C=O) groups is 1. The van der Waals surface area contributed by atoms with Gasteiger partial charge in [-0.15, -0.1) is 0 Å². The first-order valence-electron chi connectivity index (χ1n) is 5.52. The molecule has 2 aromatic rings. The van der Waals surface area contributed by atoms with Gasteiger partial charge < -0.3 is 4.98 Å². The molecular weight excluding hydrogens is 330 g/mol. The van der Waals surface area contributed by atoms with Gasteiger partial charge in [0.25, 0.3) is 0 Å². The number of imidazole rings is 1. The Kier molecular flexibility index (Phi) is 4.80. The third kappa shape index (κ3) is 4.25. The third-order valence-corrected chi connectivity index (χ3v) is 3.18. The first-order chi connectivity index (χ1) is 9.15. The molecule has 0 atom stereocenters. The number of hydrogen-bond donors (Lipinski definition) is 3. The maximum atomic E-state index is 11.8. The predicted octanol–water partition coefficient (Wildman–Crippen LogP) is 2.49. The third-order valence-electron chi connectivity index (χ3n) is 2.33. The van der Waals surface area contributed by atoms with Crippen molar-refractivity contribution in [2.45, 2.75) is 6.42 Å². The summed E-state index contributed by atoms with van der Waals surface area (Å²) in [7, 11) is 0. The van der Waals surface area contributed by atoms with E-state index in [1.807, 2.05) is 0 Å². The summed E-state index contributed by atoms with van der Waals surface area (Å²) in [5.41, 5.74) is 0.883. The second-order valence-electron chi connectivity index (χ2n) is 3.73. The van der Waals surface area contributed by atoms with Gasteiger partial charge in [0.15, 0.2) is 0 Å². The van der Waals surface area contributed by atoms with Crippen molar-refractivity contribution in [3.63, 3.8) is 0 Å². The van der Waals surface area contributed by atoms with Gasteiger partial charge in [0.2, 0.25) is 0 Å². The number of pyridine rings is 1. The summed E-state index contributed by atoms with van der Waals surface area (Å²) in [6.45, 7) is 0.455. The molecule has 6 nitrogen and oxygen atoms in total. The second kappa shape index (κ2) is 6.58. The fourth-order valence-electron chi connectivity index (χ4n) is 1.37. The SMILES string of the molecule is O=C(Nc1ccc(Br)cn1)N(S)CCc1c[nH]cn1. The average Bonchev–Trinajstić information content (AvgIpc) is 2.91. The van der Waals surface area contributed by atoms with Gasteiger partial charge in [-0.3, -0.25) is 9.62 Å². The Morgan fingerprint density at radius 3 is 2.95 bits per heavy atom. The molecule has 0 bridgehead atoms. The van der Waals surface area contributed by atoms with E-state index in [9.17, 15) is 4.79 Å². The van der Waals surface area contributed by atoms with Crippen molar-refractivity contribution in [1.29, 1.82) is 0 Å². The Bertz CT molecular complexity index is 531. The summed E-state index contributed by atoms with van der Waals surface area (Å²) in [5.74, 6) is 0.479. The zero-order valence-corrected chi connectivity index (χ0v) is 12.4. The number of urea groups is 1. The van der Waals surface area contributed by atoms with Crippen molar-refractivity contribution < 1.29 is 4.79 Å². The molecule has 100 valence electrons. The van der Waals surface area contributed by atoms with Crippen LogP contribution in [0.15, 0.2) is 35.3 Å². The number of halogens is 1. The van der Waals surface area contributed by atoms with E-state index in [1.54, 1.807) is 30.9 Å². The molecule has 0 aliphatic heterocycles. The number of nitrogens with zero attached hydrogens (tertiary/aromatic N) is 3. The van der Waals surface area contributed by atoms with Gasteiger partial charge in [-0.2, -0.15) is 0 Å². The number of carbonyl (C=O) groups excluding carboxylic acids is 1. The summed E-state index contributed by atoms with van der Waals surface area (Å²) >= 11 is 7.41. The Balaban J connectivity index is 1.83. The van der Waals surface area contributed by atoms with Gasteiger partial charge in [-0.05, 0) is 28.1 Å². The molecule has 0 spiro atoms. The van der Waals surface area contributed by atoms with E-state index < -0.39 is 0 Å². The molecule has 2 N–H and O–H groups in total. The Morgan fingerprint density at radius 2 is 2.32 bits per heavy atom. The summed E-state index contributed by atoms with van der Waals surface area (Å²) in [6, 6.07) is 3.18. The first kappa shape index (κ1) is 13.9. The minimum absolute atomic E-state index is 0.325. The molecule has 19 heavy (non-hydrogen) atoms. The second-order valence-corrected chi connectivity index (χ2v) is 5.12. The lowest BCUT2D eigenvalue weighted by molar-refractivity contribution is 0.239.